The van der Waals surface area contributed by atoms with Crippen LogP contribution in [0, 0.1) is 6.92 Å². The molecule has 0 amide bonds. The quantitative estimate of drug-likeness (QED) is 0.799. The molecule has 1 aromatic carbocycles. The van der Waals surface area contributed by atoms with Gasteiger partial charge in [-0.05, 0) is 31.9 Å². The van der Waals surface area contributed by atoms with E-state index in [0.717, 1.165) is 52.2 Å². The molecule has 0 spiro atoms. The number of aromatic nitrogens is 3. The Morgan fingerprint density at radius 1 is 1.14 bits per heavy atom. The topological polar surface area (TPSA) is 56.7 Å². The van der Waals surface area contributed by atoms with Crippen LogP contribution in [0.5, 0.6) is 0 Å². The Kier molecular flexibility index (Phi) is 3.37. The highest BCUT2D eigenvalue weighted by molar-refractivity contribution is 5.87. The molecule has 0 bridgehead atoms. The first kappa shape index (κ1) is 13.6. The second-order valence-corrected chi connectivity index (χ2v) is 5.23. The van der Waals surface area contributed by atoms with Gasteiger partial charge < -0.3 is 5.73 Å². The molecule has 0 aliphatic heterocycles. The van der Waals surface area contributed by atoms with E-state index in [1.165, 1.54) is 0 Å². The van der Waals surface area contributed by atoms with Gasteiger partial charge in [0.05, 0.1) is 28.3 Å². The lowest BCUT2D eigenvalue weighted by Crippen LogP contribution is -2.04. The van der Waals surface area contributed by atoms with E-state index in [-0.39, 0.29) is 0 Å². The molecule has 0 fully saturated rings. The first-order valence-electron chi connectivity index (χ1n) is 7.38. The number of hydrogen-bond donors (Lipinski definition) is 1. The average molecular weight is 280 g/mol. The van der Waals surface area contributed by atoms with Crippen LogP contribution in [-0.2, 0) is 12.8 Å². The molecule has 21 heavy (non-hydrogen) atoms. The van der Waals surface area contributed by atoms with E-state index in [1.54, 1.807) is 0 Å². The summed E-state index contributed by atoms with van der Waals surface area (Å²) in [6.07, 6.45) is 1.70. The number of pyridine rings is 1. The normalized spacial score (nSPS) is 11.2. The van der Waals surface area contributed by atoms with Crippen LogP contribution in [0.15, 0.2) is 30.3 Å². The molecule has 0 aliphatic carbocycles. The standard InChI is InChI=1S/C17H20N4/c1-4-13-17(18)15(5-2)21(20-13)16-10-11(3)19-14-9-7-6-8-12(14)16/h6-10H,4-5,18H2,1-3H3. The molecular formula is C17H20N4. The minimum Gasteiger partial charge on any atom is -0.396 e. The molecule has 4 heteroatoms. The van der Waals surface area contributed by atoms with Gasteiger partial charge in [-0.25, -0.2) is 4.68 Å². The number of hydrogen-bond acceptors (Lipinski definition) is 3. The second kappa shape index (κ2) is 5.20. The predicted molar refractivity (Wildman–Crippen MR) is 86.8 cm³/mol. The highest BCUT2D eigenvalue weighted by Gasteiger charge is 2.16. The number of para-hydroxylation sites is 1. The van der Waals surface area contributed by atoms with Gasteiger partial charge in [0.25, 0.3) is 0 Å². The summed E-state index contributed by atoms with van der Waals surface area (Å²) in [5.74, 6) is 0. The number of anilines is 1. The lowest BCUT2D eigenvalue weighted by Gasteiger charge is -2.11. The highest BCUT2D eigenvalue weighted by atomic mass is 15.3. The maximum absolute atomic E-state index is 6.25. The largest absolute Gasteiger partial charge is 0.396 e. The lowest BCUT2D eigenvalue weighted by molar-refractivity contribution is 0.797. The maximum Gasteiger partial charge on any atom is 0.0858 e. The molecule has 2 heterocycles. The minimum atomic E-state index is 0.818. The van der Waals surface area contributed by atoms with E-state index in [2.05, 4.69) is 31.0 Å². The van der Waals surface area contributed by atoms with Crippen LogP contribution in [-0.4, -0.2) is 14.8 Å². The van der Waals surface area contributed by atoms with Crippen molar-refractivity contribution >= 4 is 16.6 Å². The number of nitrogens with zero attached hydrogens (tertiary/aromatic N) is 3. The fourth-order valence-electron chi connectivity index (χ4n) is 2.78. The Labute approximate surface area is 124 Å². The molecule has 2 N–H and O–H groups in total. The molecule has 0 radical (unpaired) electrons. The minimum absolute atomic E-state index is 0.818. The molecule has 2 aromatic heterocycles. The van der Waals surface area contributed by atoms with Gasteiger partial charge in [-0.15, -0.1) is 0 Å². The smallest absolute Gasteiger partial charge is 0.0858 e. The number of rotatable bonds is 3. The summed E-state index contributed by atoms with van der Waals surface area (Å²) < 4.78 is 1.99. The van der Waals surface area contributed by atoms with E-state index in [1.807, 2.05) is 29.8 Å². The van der Waals surface area contributed by atoms with Gasteiger partial charge in [0, 0.05) is 11.1 Å². The second-order valence-electron chi connectivity index (χ2n) is 5.23. The fraction of sp³-hybridized carbons (Fsp3) is 0.294. The summed E-state index contributed by atoms with van der Waals surface area (Å²) >= 11 is 0. The predicted octanol–water partition coefficient (Wildman–Crippen LogP) is 3.44. The van der Waals surface area contributed by atoms with Gasteiger partial charge in [-0.1, -0.05) is 32.0 Å². The van der Waals surface area contributed by atoms with E-state index in [4.69, 9.17) is 10.8 Å². The summed E-state index contributed by atoms with van der Waals surface area (Å²) in [6.45, 7) is 6.20. The van der Waals surface area contributed by atoms with E-state index in [0.29, 0.717) is 0 Å². The van der Waals surface area contributed by atoms with Crippen molar-refractivity contribution in [3.05, 3.63) is 47.4 Å². The van der Waals surface area contributed by atoms with Crippen molar-refractivity contribution in [1.29, 1.82) is 0 Å². The molecule has 3 rings (SSSR count). The Bertz CT molecular complexity index is 802. The molecular weight excluding hydrogens is 260 g/mol. The summed E-state index contributed by atoms with van der Waals surface area (Å²) in [5, 5.41) is 5.82. The van der Waals surface area contributed by atoms with Gasteiger partial charge in [0.1, 0.15) is 0 Å². The van der Waals surface area contributed by atoms with Gasteiger partial charge in [-0.3, -0.25) is 4.98 Å². The zero-order chi connectivity index (χ0) is 15.0. The number of benzene rings is 1. The summed E-state index contributed by atoms with van der Waals surface area (Å²) in [4.78, 5) is 4.59. The summed E-state index contributed by atoms with van der Waals surface area (Å²) in [5.41, 5.74) is 12.1. The Morgan fingerprint density at radius 3 is 2.62 bits per heavy atom. The molecule has 108 valence electrons. The first-order valence-corrected chi connectivity index (χ1v) is 7.38. The van der Waals surface area contributed by atoms with Crippen LogP contribution in [0.25, 0.3) is 16.6 Å². The molecule has 0 atom stereocenters. The average Bonchev–Trinajstić information content (AvgIpc) is 2.82. The Morgan fingerprint density at radius 2 is 1.90 bits per heavy atom. The van der Waals surface area contributed by atoms with Crippen LogP contribution in [0.4, 0.5) is 5.69 Å². The third-order valence-corrected chi connectivity index (χ3v) is 3.82. The first-order chi connectivity index (χ1) is 10.2. The van der Waals surface area contributed by atoms with E-state index < -0.39 is 0 Å². The fourth-order valence-corrected chi connectivity index (χ4v) is 2.78. The Balaban J connectivity index is 2.35. The third kappa shape index (κ3) is 2.17. The SMILES string of the molecule is CCc1nn(-c2cc(C)nc3ccccc23)c(CC)c1N. The zero-order valence-corrected chi connectivity index (χ0v) is 12.7. The summed E-state index contributed by atoms with van der Waals surface area (Å²) in [6, 6.07) is 10.2. The van der Waals surface area contributed by atoms with E-state index in [9.17, 15) is 0 Å². The molecule has 4 nitrogen and oxygen atoms in total. The monoisotopic (exact) mass is 280 g/mol. The van der Waals surface area contributed by atoms with E-state index >= 15 is 0 Å². The third-order valence-electron chi connectivity index (χ3n) is 3.82. The van der Waals surface area contributed by atoms with Crippen LogP contribution in [0.3, 0.4) is 0 Å². The van der Waals surface area contributed by atoms with Crippen LogP contribution >= 0.6 is 0 Å². The van der Waals surface area contributed by atoms with Gasteiger partial charge >= 0.3 is 0 Å². The summed E-state index contributed by atoms with van der Waals surface area (Å²) in [7, 11) is 0. The molecule has 0 saturated heterocycles. The zero-order valence-electron chi connectivity index (χ0n) is 12.7. The number of fused-ring (bicyclic) bond motifs is 1. The Hall–Kier alpha value is -2.36. The molecule has 0 aliphatic rings. The van der Waals surface area contributed by atoms with Gasteiger partial charge in [0.15, 0.2) is 0 Å². The van der Waals surface area contributed by atoms with Crippen LogP contribution in [0.1, 0.15) is 30.9 Å². The van der Waals surface area contributed by atoms with Crippen molar-refractivity contribution in [3.63, 3.8) is 0 Å². The van der Waals surface area contributed by atoms with Crippen LogP contribution < -0.4 is 5.73 Å². The molecule has 3 aromatic rings. The van der Waals surface area contributed by atoms with Crippen LogP contribution in [0.2, 0.25) is 0 Å². The van der Waals surface area contributed by atoms with Crippen molar-refractivity contribution in [1.82, 2.24) is 14.8 Å². The lowest BCUT2D eigenvalue weighted by atomic mass is 10.1. The number of nitrogen functional groups attached to an aromatic ring is 1. The highest BCUT2D eigenvalue weighted by Crippen LogP contribution is 2.27. The van der Waals surface area contributed by atoms with Gasteiger partial charge in [0.2, 0.25) is 0 Å². The number of aryl methyl sites for hydroxylation is 2. The molecule has 0 saturated carbocycles. The van der Waals surface area contributed by atoms with Crippen molar-refractivity contribution in [2.24, 2.45) is 0 Å². The van der Waals surface area contributed by atoms with Crippen molar-refractivity contribution in [2.45, 2.75) is 33.6 Å². The number of nitrogens with two attached hydrogens (primary N) is 1. The van der Waals surface area contributed by atoms with Gasteiger partial charge in [-0.2, -0.15) is 5.10 Å². The maximum atomic E-state index is 6.25. The van der Waals surface area contributed by atoms with Crippen molar-refractivity contribution < 1.29 is 0 Å². The molecule has 0 unspecified atom stereocenters. The van der Waals surface area contributed by atoms with Crippen molar-refractivity contribution in [2.75, 3.05) is 5.73 Å². The van der Waals surface area contributed by atoms with Crippen molar-refractivity contribution in [3.8, 4) is 5.69 Å².